The molecule has 1 aromatic carbocycles. The van der Waals surface area contributed by atoms with Crippen molar-refractivity contribution in [1.82, 2.24) is 4.90 Å². The highest BCUT2D eigenvalue weighted by molar-refractivity contribution is 6.22. The molecule has 0 saturated carbocycles. The van der Waals surface area contributed by atoms with E-state index in [1.54, 1.807) is 0 Å². The molecule has 0 spiro atoms. The lowest BCUT2D eigenvalue weighted by atomic mass is 9.99. The van der Waals surface area contributed by atoms with Crippen LogP contribution in [0.2, 0.25) is 0 Å². The van der Waals surface area contributed by atoms with Crippen molar-refractivity contribution in [2.45, 2.75) is 46.1 Å². The molecular formula is C16H22N2O2. The smallest absolute Gasteiger partial charge is 0.262 e. The van der Waals surface area contributed by atoms with Gasteiger partial charge in [0, 0.05) is 6.54 Å². The number of amides is 2. The number of carbonyl (C=O) groups excluding carboxylic acids is 2. The molecule has 2 rings (SSSR count). The van der Waals surface area contributed by atoms with Gasteiger partial charge in [0.15, 0.2) is 0 Å². The van der Waals surface area contributed by atoms with Crippen LogP contribution < -0.4 is 5.73 Å². The molecule has 2 amide bonds. The lowest BCUT2D eigenvalue weighted by Gasteiger charge is -2.24. The Hall–Kier alpha value is -1.68. The Morgan fingerprint density at radius 1 is 1.10 bits per heavy atom. The Morgan fingerprint density at radius 2 is 1.60 bits per heavy atom. The minimum Gasteiger partial charge on any atom is -0.328 e. The summed E-state index contributed by atoms with van der Waals surface area (Å²) in [6.45, 7) is 6.15. The van der Waals surface area contributed by atoms with Crippen molar-refractivity contribution in [2.24, 2.45) is 5.73 Å². The van der Waals surface area contributed by atoms with Gasteiger partial charge in [0.1, 0.15) is 0 Å². The van der Waals surface area contributed by atoms with Crippen LogP contribution in [0.4, 0.5) is 0 Å². The van der Waals surface area contributed by atoms with Gasteiger partial charge in [-0.3, -0.25) is 14.5 Å². The summed E-state index contributed by atoms with van der Waals surface area (Å²) in [6.07, 6.45) is 2.77. The van der Waals surface area contributed by atoms with E-state index in [-0.39, 0.29) is 17.9 Å². The molecule has 108 valence electrons. The summed E-state index contributed by atoms with van der Waals surface area (Å²) in [5, 5.41) is 0. The number of hydrogen-bond donors (Lipinski definition) is 1. The van der Waals surface area contributed by atoms with E-state index in [1.165, 1.54) is 4.90 Å². The van der Waals surface area contributed by atoms with Gasteiger partial charge in [-0.15, -0.1) is 0 Å². The molecule has 0 fully saturated rings. The van der Waals surface area contributed by atoms with Gasteiger partial charge in [0.25, 0.3) is 11.8 Å². The Bertz CT molecular complexity index is 511. The molecule has 2 N–H and O–H groups in total. The summed E-state index contributed by atoms with van der Waals surface area (Å²) in [4.78, 5) is 26.6. The predicted molar refractivity (Wildman–Crippen MR) is 78.8 cm³/mol. The van der Waals surface area contributed by atoms with Gasteiger partial charge in [0.05, 0.1) is 17.2 Å². The molecule has 1 heterocycles. The van der Waals surface area contributed by atoms with Gasteiger partial charge in [-0.05, 0) is 31.4 Å². The number of nitrogens with zero attached hydrogens (tertiary/aromatic N) is 1. The van der Waals surface area contributed by atoms with E-state index in [4.69, 9.17) is 5.73 Å². The molecule has 1 aliphatic rings. The molecule has 0 radical (unpaired) electrons. The number of unbranched alkanes of at least 4 members (excludes halogenated alkanes) is 1. The number of nitrogens with two attached hydrogens (primary N) is 1. The Kier molecular flexibility index (Phi) is 4.23. The van der Waals surface area contributed by atoms with Crippen molar-refractivity contribution in [3.8, 4) is 0 Å². The van der Waals surface area contributed by atoms with Crippen molar-refractivity contribution >= 4 is 11.8 Å². The first-order valence-electron chi connectivity index (χ1n) is 7.21. The van der Waals surface area contributed by atoms with Crippen LogP contribution in [0.5, 0.6) is 0 Å². The summed E-state index contributed by atoms with van der Waals surface area (Å²) < 4.78 is 0. The number of hydrogen-bond acceptors (Lipinski definition) is 3. The van der Waals surface area contributed by atoms with Crippen LogP contribution in [-0.4, -0.2) is 29.3 Å². The molecule has 4 heteroatoms. The van der Waals surface area contributed by atoms with Crippen molar-refractivity contribution in [3.63, 3.8) is 0 Å². The monoisotopic (exact) mass is 274 g/mol. The molecule has 1 atom stereocenters. The van der Waals surface area contributed by atoms with Crippen LogP contribution in [0.15, 0.2) is 12.1 Å². The zero-order chi connectivity index (χ0) is 14.9. The number of aryl methyl sites for hydroxylation is 2. The summed E-state index contributed by atoms with van der Waals surface area (Å²) in [5.74, 6) is -0.365. The van der Waals surface area contributed by atoms with E-state index in [9.17, 15) is 9.59 Å². The van der Waals surface area contributed by atoms with Gasteiger partial charge >= 0.3 is 0 Å². The summed E-state index contributed by atoms with van der Waals surface area (Å²) in [5.41, 5.74) is 8.62. The third-order valence-electron chi connectivity index (χ3n) is 4.02. The topological polar surface area (TPSA) is 63.4 Å². The zero-order valence-electron chi connectivity index (χ0n) is 12.4. The van der Waals surface area contributed by atoms with E-state index in [2.05, 4.69) is 6.92 Å². The van der Waals surface area contributed by atoms with Gasteiger partial charge in [-0.2, -0.15) is 0 Å². The highest BCUT2D eigenvalue weighted by Crippen LogP contribution is 2.30. The lowest BCUT2D eigenvalue weighted by Crippen LogP contribution is -2.44. The fourth-order valence-corrected chi connectivity index (χ4v) is 2.82. The Morgan fingerprint density at radius 3 is 2.00 bits per heavy atom. The minimum atomic E-state index is -0.193. The van der Waals surface area contributed by atoms with Crippen molar-refractivity contribution in [1.29, 1.82) is 0 Å². The van der Waals surface area contributed by atoms with Gasteiger partial charge in [0.2, 0.25) is 0 Å². The maximum absolute atomic E-state index is 12.6. The molecule has 20 heavy (non-hydrogen) atoms. The number of benzene rings is 1. The van der Waals surface area contributed by atoms with Gasteiger partial charge in [-0.1, -0.05) is 31.9 Å². The molecular weight excluding hydrogens is 252 g/mol. The number of fused-ring (bicyclic) bond motifs is 1. The Labute approximate surface area is 119 Å². The standard InChI is InChI=1S/C16H22N2O2/c1-4-5-6-12(9-17)18-15(19)13-10(2)7-8-11(3)14(13)16(18)20/h7-8,12H,4-6,9,17H2,1-3H3. The predicted octanol–water partition coefficient (Wildman–Crippen LogP) is 2.42. The van der Waals surface area contributed by atoms with Crippen LogP contribution in [0.25, 0.3) is 0 Å². The second-order valence-corrected chi connectivity index (χ2v) is 5.46. The van der Waals surface area contributed by atoms with Crippen LogP contribution in [-0.2, 0) is 0 Å². The first kappa shape index (κ1) is 14.7. The van der Waals surface area contributed by atoms with E-state index in [0.29, 0.717) is 17.7 Å². The zero-order valence-corrected chi connectivity index (χ0v) is 12.4. The normalized spacial score (nSPS) is 15.7. The fourth-order valence-electron chi connectivity index (χ4n) is 2.82. The second-order valence-electron chi connectivity index (χ2n) is 5.46. The molecule has 1 aromatic rings. The van der Waals surface area contributed by atoms with Gasteiger partial charge < -0.3 is 5.73 Å². The summed E-state index contributed by atoms with van der Waals surface area (Å²) in [7, 11) is 0. The molecule has 4 nitrogen and oxygen atoms in total. The largest absolute Gasteiger partial charge is 0.328 e. The van der Waals surface area contributed by atoms with Crippen molar-refractivity contribution in [2.75, 3.05) is 6.54 Å². The molecule has 1 unspecified atom stereocenters. The SMILES string of the molecule is CCCCC(CN)N1C(=O)c2c(C)ccc(C)c2C1=O. The van der Waals surface area contributed by atoms with Crippen LogP contribution in [0, 0.1) is 13.8 Å². The first-order valence-corrected chi connectivity index (χ1v) is 7.21. The fraction of sp³-hybridized carbons (Fsp3) is 0.500. The Balaban J connectivity index is 2.41. The number of rotatable bonds is 5. The van der Waals surface area contributed by atoms with Crippen molar-refractivity contribution < 1.29 is 9.59 Å². The first-order chi connectivity index (χ1) is 9.52. The lowest BCUT2D eigenvalue weighted by molar-refractivity contribution is 0.0579. The van der Waals surface area contributed by atoms with E-state index >= 15 is 0 Å². The average molecular weight is 274 g/mol. The van der Waals surface area contributed by atoms with Crippen molar-refractivity contribution in [3.05, 3.63) is 34.4 Å². The molecule has 1 aliphatic heterocycles. The summed E-state index contributed by atoms with van der Waals surface area (Å²) >= 11 is 0. The summed E-state index contributed by atoms with van der Waals surface area (Å²) in [6, 6.07) is 3.60. The molecule has 0 aliphatic carbocycles. The third-order valence-corrected chi connectivity index (χ3v) is 4.02. The molecule has 0 bridgehead atoms. The second kappa shape index (κ2) is 5.75. The average Bonchev–Trinajstić information content (AvgIpc) is 2.69. The maximum atomic E-state index is 12.6. The molecule has 0 saturated heterocycles. The highest BCUT2D eigenvalue weighted by atomic mass is 16.2. The van der Waals surface area contributed by atoms with E-state index in [1.807, 2.05) is 26.0 Å². The van der Waals surface area contributed by atoms with Gasteiger partial charge in [-0.25, -0.2) is 0 Å². The number of imide groups is 1. The third kappa shape index (κ3) is 2.24. The highest BCUT2D eigenvalue weighted by Gasteiger charge is 2.41. The van der Waals surface area contributed by atoms with E-state index in [0.717, 1.165) is 30.4 Å². The quantitative estimate of drug-likeness (QED) is 0.839. The maximum Gasteiger partial charge on any atom is 0.262 e. The molecule has 0 aromatic heterocycles. The van der Waals surface area contributed by atoms with Crippen LogP contribution >= 0.6 is 0 Å². The number of carbonyl (C=O) groups is 2. The van der Waals surface area contributed by atoms with Crippen LogP contribution in [0.1, 0.15) is 58.0 Å². The minimum absolute atomic E-state index is 0.183. The van der Waals surface area contributed by atoms with Crippen LogP contribution in [0.3, 0.4) is 0 Å². The van der Waals surface area contributed by atoms with E-state index < -0.39 is 0 Å².